The second-order valence-electron chi connectivity index (χ2n) is 5.35. The summed E-state index contributed by atoms with van der Waals surface area (Å²) < 4.78 is 10.5. The Bertz CT molecular complexity index is 1070. The average Bonchev–Trinajstić information content (AvgIpc) is 3.05. The van der Waals surface area contributed by atoms with Gasteiger partial charge in [0.2, 0.25) is 0 Å². The van der Waals surface area contributed by atoms with Crippen molar-refractivity contribution < 1.29 is 19.1 Å². The molecule has 3 aromatic heterocycles. The molecule has 10 heteroatoms. The van der Waals surface area contributed by atoms with Crippen molar-refractivity contribution >= 4 is 23.4 Å². The third-order valence-corrected chi connectivity index (χ3v) is 3.68. The van der Waals surface area contributed by atoms with Crippen LogP contribution in [-0.2, 0) is 9.47 Å². The maximum Gasteiger partial charge on any atom is 0.412 e. The number of nitrogens with zero attached hydrogens (tertiary/aromatic N) is 3. The fourth-order valence-corrected chi connectivity index (χ4v) is 2.39. The van der Waals surface area contributed by atoms with E-state index in [0.29, 0.717) is 16.9 Å². The number of nitrogens with one attached hydrogen (secondary N) is 2. The molecule has 1 amide bonds. The SMILES string of the molecule is COC(=O)Nc1cc(C)c(-c2nn3cc(C(=O)OC)cc3c(=O)[nH]2)cn1. The molecule has 3 aromatic rings. The van der Waals surface area contributed by atoms with Crippen LogP contribution in [0.25, 0.3) is 16.9 Å². The average molecular weight is 357 g/mol. The maximum absolute atomic E-state index is 12.3. The topological polar surface area (TPSA) is 128 Å². The second kappa shape index (κ2) is 6.67. The summed E-state index contributed by atoms with van der Waals surface area (Å²) in [7, 11) is 2.51. The summed E-state index contributed by atoms with van der Waals surface area (Å²) in [6, 6.07) is 3.02. The van der Waals surface area contributed by atoms with E-state index in [4.69, 9.17) is 0 Å². The quantitative estimate of drug-likeness (QED) is 0.677. The maximum atomic E-state index is 12.3. The molecule has 10 nitrogen and oxygen atoms in total. The van der Waals surface area contributed by atoms with Gasteiger partial charge in [0.15, 0.2) is 5.82 Å². The minimum atomic E-state index is -0.639. The van der Waals surface area contributed by atoms with Gasteiger partial charge in [0.05, 0.1) is 19.8 Å². The lowest BCUT2D eigenvalue weighted by Crippen LogP contribution is -2.14. The van der Waals surface area contributed by atoms with Crippen molar-refractivity contribution in [1.82, 2.24) is 19.6 Å². The van der Waals surface area contributed by atoms with Crippen LogP contribution in [0.1, 0.15) is 15.9 Å². The van der Waals surface area contributed by atoms with E-state index in [1.54, 1.807) is 13.0 Å². The Morgan fingerprint density at radius 3 is 2.65 bits per heavy atom. The first-order valence-corrected chi connectivity index (χ1v) is 7.46. The van der Waals surface area contributed by atoms with Crippen molar-refractivity contribution in [2.75, 3.05) is 19.5 Å². The summed E-state index contributed by atoms with van der Waals surface area (Å²) in [6.07, 6.45) is 2.24. The predicted octanol–water partition coefficient (Wildman–Crippen LogP) is 1.36. The van der Waals surface area contributed by atoms with Crippen molar-refractivity contribution in [3.8, 4) is 11.4 Å². The number of aromatic nitrogens is 4. The van der Waals surface area contributed by atoms with Crippen LogP contribution in [0.3, 0.4) is 0 Å². The van der Waals surface area contributed by atoms with Crippen LogP contribution in [0.15, 0.2) is 29.3 Å². The largest absolute Gasteiger partial charge is 0.465 e. The van der Waals surface area contributed by atoms with Crippen LogP contribution in [0, 0.1) is 6.92 Å². The predicted molar refractivity (Wildman–Crippen MR) is 91.1 cm³/mol. The van der Waals surface area contributed by atoms with Gasteiger partial charge in [-0.1, -0.05) is 0 Å². The van der Waals surface area contributed by atoms with Crippen LogP contribution in [0.2, 0.25) is 0 Å². The number of methoxy groups -OCH3 is 2. The number of amides is 1. The normalized spacial score (nSPS) is 10.6. The van der Waals surface area contributed by atoms with Crippen LogP contribution < -0.4 is 10.9 Å². The summed E-state index contributed by atoms with van der Waals surface area (Å²) in [6.45, 7) is 1.78. The lowest BCUT2D eigenvalue weighted by Gasteiger charge is -2.08. The summed E-state index contributed by atoms with van der Waals surface area (Å²) >= 11 is 0. The zero-order chi connectivity index (χ0) is 18.8. The number of H-pyrrole nitrogens is 1. The molecule has 3 rings (SSSR count). The summed E-state index contributed by atoms with van der Waals surface area (Å²) in [4.78, 5) is 41.9. The van der Waals surface area contributed by atoms with E-state index in [9.17, 15) is 14.4 Å². The van der Waals surface area contributed by atoms with Gasteiger partial charge in [-0.15, -0.1) is 5.10 Å². The minimum Gasteiger partial charge on any atom is -0.465 e. The Hall–Kier alpha value is -3.69. The molecule has 0 atom stereocenters. The van der Waals surface area contributed by atoms with E-state index in [1.165, 1.54) is 37.2 Å². The molecule has 2 N–H and O–H groups in total. The number of pyridine rings is 1. The number of esters is 1. The Labute approximate surface area is 146 Å². The van der Waals surface area contributed by atoms with Crippen LogP contribution in [0.5, 0.6) is 0 Å². The molecule has 0 aromatic carbocycles. The lowest BCUT2D eigenvalue weighted by molar-refractivity contribution is 0.0601. The van der Waals surface area contributed by atoms with E-state index in [-0.39, 0.29) is 16.9 Å². The lowest BCUT2D eigenvalue weighted by atomic mass is 10.1. The second-order valence-corrected chi connectivity index (χ2v) is 5.35. The van der Waals surface area contributed by atoms with E-state index in [2.05, 4.69) is 29.9 Å². The summed E-state index contributed by atoms with van der Waals surface area (Å²) in [5.41, 5.74) is 1.29. The molecule has 0 saturated heterocycles. The van der Waals surface area contributed by atoms with Gasteiger partial charge >= 0.3 is 12.1 Å². The van der Waals surface area contributed by atoms with Crippen molar-refractivity contribution in [1.29, 1.82) is 0 Å². The molecule has 3 heterocycles. The zero-order valence-corrected chi connectivity index (χ0v) is 14.2. The number of hydrogen-bond acceptors (Lipinski definition) is 7. The molecule has 0 aliphatic heterocycles. The van der Waals surface area contributed by atoms with Crippen LogP contribution in [0.4, 0.5) is 10.6 Å². The molecule has 0 saturated carbocycles. The van der Waals surface area contributed by atoms with Gasteiger partial charge in [-0.05, 0) is 24.6 Å². The van der Waals surface area contributed by atoms with Gasteiger partial charge < -0.3 is 14.5 Å². The number of carbonyl (C=O) groups is 2. The molecular formula is C16H15N5O5. The Morgan fingerprint density at radius 1 is 1.23 bits per heavy atom. The van der Waals surface area contributed by atoms with Gasteiger partial charge in [0.1, 0.15) is 11.3 Å². The molecule has 0 fully saturated rings. The highest BCUT2D eigenvalue weighted by Crippen LogP contribution is 2.20. The number of aromatic amines is 1. The standard InChI is InChI=1S/C16H15N5O5/c1-8-4-12(18-16(24)26-3)17-6-10(8)13-19-14(22)11-5-9(15(23)25-2)7-21(11)20-13/h4-7H,1-3H3,(H,17,18,24)(H,19,20,22). The van der Waals surface area contributed by atoms with Crippen molar-refractivity contribution in [3.05, 3.63) is 46.0 Å². The molecule has 0 unspecified atom stereocenters. The number of hydrogen-bond donors (Lipinski definition) is 2. The molecule has 0 aliphatic rings. The smallest absolute Gasteiger partial charge is 0.412 e. The molecule has 26 heavy (non-hydrogen) atoms. The highest BCUT2D eigenvalue weighted by Gasteiger charge is 2.15. The number of anilines is 1. The van der Waals surface area contributed by atoms with Gasteiger partial charge in [-0.25, -0.2) is 19.1 Å². The van der Waals surface area contributed by atoms with Gasteiger partial charge in [0, 0.05) is 18.0 Å². The third-order valence-electron chi connectivity index (χ3n) is 3.68. The number of carbonyl (C=O) groups excluding carboxylic acids is 2. The Balaban J connectivity index is 2.04. The van der Waals surface area contributed by atoms with E-state index >= 15 is 0 Å². The van der Waals surface area contributed by atoms with Gasteiger partial charge in [-0.2, -0.15) is 0 Å². The van der Waals surface area contributed by atoms with Gasteiger partial charge in [0.25, 0.3) is 5.56 Å². The molecule has 0 spiro atoms. The first kappa shape index (κ1) is 17.1. The van der Waals surface area contributed by atoms with Crippen molar-refractivity contribution in [2.24, 2.45) is 0 Å². The van der Waals surface area contributed by atoms with Crippen LogP contribution in [-0.4, -0.2) is 45.9 Å². The van der Waals surface area contributed by atoms with Gasteiger partial charge in [-0.3, -0.25) is 10.1 Å². The minimum absolute atomic E-state index is 0.212. The monoisotopic (exact) mass is 357 g/mol. The molecule has 0 radical (unpaired) electrons. The molecule has 134 valence electrons. The zero-order valence-electron chi connectivity index (χ0n) is 14.2. The number of fused-ring (bicyclic) bond motifs is 1. The fraction of sp³-hybridized carbons (Fsp3) is 0.188. The van der Waals surface area contributed by atoms with E-state index in [1.807, 2.05) is 0 Å². The van der Waals surface area contributed by atoms with Crippen molar-refractivity contribution in [2.45, 2.75) is 6.92 Å². The number of ether oxygens (including phenoxy) is 2. The Morgan fingerprint density at radius 2 is 2.00 bits per heavy atom. The van der Waals surface area contributed by atoms with E-state index < -0.39 is 17.6 Å². The molecular weight excluding hydrogens is 342 g/mol. The first-order chi connectivity index (χ1) is 12.4. The highest BCUT2D eigenvalue weighted by molar-refractivity contribution is 5.91. The highest BCUT2D eigenvalue weighted by atomic mass is 16.5. The van der Waals surface area contributed by atoms with Crippen molar-refractivity contribution in [3.63, 3.8) is 0 Å². The van der Waals surface area contributed by atoms with Crippen LogP contribution >= 0.6 is 0 Å². The number of aryl methyl sites for hydroxylation is 1. The Kier molecular flexibility index (Phi) is 4.40. The summed E-state index contributed by atoms with van der Waals surface area (Å²) in [5, 5.41) is 6.77. The molecule has 0 bridgehead atoms. The molecule has 0 aliphatic carbocycles. The first-order valence-electron chi connectivity index (χ1n) is 7.46. The van der Waals surface area contributed by atoms with E-state index in [0.717, 1.165) is 0 Å². The number of rotatable bonds is 3. The fourth-order valence-electron chi connectivity index (χ4n) is 2.39. The third kappa shape index (κ3) is 3.11. The summed E-state index contributed by atoms with van der Waals surface area (Å²) in [5.74, 6) is 0.00661.